The molecule has 0 saturated carbocycles. The van der Waals surface area contributed by atoms with Crippen LogP contribution in [0, 0.1) is 0 Å². The molecule has 1 aliphatic heterocycles. The van der Waals surface area contributed by atoms with Gasteiger partial charge in [0, 0.05) is 33.2 Å². The molecule has 4 aromatic rings. The van der Waals surface area contributed by atoms with Crippen molar-refractivity contribution in [2.45, 2.75) is 117 Å². The smallest absolute Gasteiger partial charge is 0.444 e. The van der Waals surface area contributed by atoms with Gasteiger partial charge >= 0.3 is 13.2 Å². The van der Waals surface area contributed by atoms with Gasteiger partial charge in [-0.3, -0.25) is 4.57 Å². The van der Waals surface area contributed by atoms with Crippen LogP contribution in [-0.4, -0.2) is 70.8 Å². The van der Waals surface area contributed by atoms with E-state index in [1.807, 2.05) is 31.5 Å². The number of ether oxygens (including phenoxy) is 2. The molecule has 1 aliphatic rings. The minimum atomic E-state index is -1.22. The van der Waals surface area contributed by atoms with Crippen molar-refractivity contribution in [3.63, 3.8) is 0 Å². The molecule has 3 heterocycles. The van der Waals surface area contributed by atoms with E-state index in [4.69, 9.17) is 33.7 Å². The first-order chi connectivity index (χ1) is 22.4. The van der Waals surface area contributed by atoms with Crippen LogP contribution in [0.25, 0.3) is 33.3 Å². The van der Waals surface area contributed by atoms with Gasteiger partial charge < -0.3 is 24.1 Å². The molecule has 0 bridgehead atoms. The van der Waals surface area contributed by atoms with E-state index >= 15 is 0 Å². The van der Waals surface area contributed by atoms with Gasteiger partial charge in [0.2, 0.25) is 0 Å². The molecule has 1 fully saturated rings. The van der Waals surface area contributed by atoms with Crippen LogP contribution in [0.5, 0.6) is 0 Å². The molecule has 2 aromatic carbocycles. The molecule has 5 rings (SSSR count). The highest BCUT2D eigenvalue weighted by molar-refractivity contribution is 6.76. The number of carbonyl (C=O) groups is 1. The fourth-order valence-corrected chi connectivity index (χ4v) is 6.16. The van der Waals surface area contributed by atoms with Crippen molar-refractivity contribution in [1.29, 1.82) is 0 Å². The van der Waals surface area contributed by atoms with E-state index in [2.05, 4.69) is 89.1 Å². The van der Waals surface area contributed by atoms with Gasteiger partial charge in [0.25, 0.3) is 0 Å². The predicted molar refractivity (Wildman–Crippen MR) is 195 cm³/mol. The van der Waals surface area contributed by atoms with E-state index in [9.17, 15) is 4.79 Å². The van der Waals surface area contributed by atoms with Gasteiger partial charge in [-0.15, -0.1) is 0 Å². The molecule has 12 heteroatoms. The number of fused-ring (bicyclic) bond motifs is 2. The van der Waals surface area contributed by atoms with E-state index in [0.717, 1.165) is 52.2 Å². The molecule has 1 amide bonds. The number of aromatic nitrogens is 4. The Morgan fingerprint density at radius 1 is 0.979 bits per heavy atom. The van der Waals surface area contributed by atoms with Gasteiger partial charge in [-0.05, 0) is 89.7 Å². The number of unbranched alkanes of at least 4 members (excludes halogenated alkanes) is 1. The fraction of sp³-hybridized carbons (Fsp3) is 0.556. The molecule has 0 spiro atoms. The largest absolute Gasteiger partial charge is 0.494 e. The summed E-state index contributed by atoms with van der Waals surface area (Å²) >= 11 is 0. The number of rotatable bonds is 12. The maximum Gasteiger partial charge on any atom is 0.494 e. The van der Waals surface area contributed by atoms with Gasteiger partial charge in [0.15, 0.2) is 11.3 Å². The molecule has 0 aliphatic carbocycles. The number of benzene rings is 2. The van der Waals surface area contributed by atoms with Crippen LogP contribution < -0.4 is 10.8 Å². The van der Waals surface area contributed by atoms with Crippen LogP contribution in [0.4, 0.5) is 4.79 Å². The maximum atomic E-state index is 12.0. The third-order valence-electron chi connectivity index (χ3n) is 8.94. The van der Waals surface area contributed by atoms with Crippen LogP contribution in [0.2, 0.25) is 25.7 Å². The number of imidazole rings is 1. The van der Waals surface area contributed by atoms with E-state index in [0.29, 0.717) is 37.6 Å². The van der Waals surface area contributed by atoms with Crippen molar-refractivity contribution < 1.29 is 23.6 Å². The van der Waals surface area contributed by atoms with Crippen molar-refractivity contribution in [2.75, 3.05) is 13.2 Å². The van der Waals surface area contributed by atoms with Gasteiger partial charge in [0.05, 0.1) is 23.1 Å². The zero-order valence-electron chi connectivity index (χ0n) is 30.4. The lowest BCUT2D eigenvalue weighted by Gasteiger charge is -2.32. The number of nitrogens with one attached hydrogen (secondary N) is 1. The monoisotopic (exact) mass is 673 g/mol. The Kier molecular flexibility index (Phi) is 10.4. The lowest BCUT2D eigenvalue weighted by Crippen LogP contribution is -2.41. The second-order valence-electron chi connectivity index (χ2n) is 16.0. The quantitative estimate of drug-likeness (QED) is 0.125. The first kappa shape index (κ1) is 36.0. The van der Waals surface area contributed by atoms with Crippen molar-refractivity contribution in [3.05, 3.63) is 48.4 Å². The lowest BCUT2D eigenvalue weighted by molar-refractivity contribution is 0.00578. The first-order valence-corrected chi connectivity index (χ1v) is 20.8. The Morgan fingerprint density at radius 3 is 2.35 bits per heavy atom. The molecular formula is C36H52BN5O5Si. The minimum Gasteiger partial charge on any atom is -0.444 e. The van der Waals surface area contributed by atoms with Gasteiger partial charge in [-0.1, -0.05) is 50.0 Å². The third-order valence-corrected chi connectivity index (χ3v) is 10.6. The standard InChI is InChI=1S/C36H52BN5O5Si/c1-34(2,3)45-33(43)38-18-12-11-13-30-41-31-32(42(30)24-44-19-20-48(8,9)10)39-23-29(40-31)27-15-14-26-22-28(17-16-25(26)21-27)37-46-35(4,5)36(6,7)47-37/h14-17,21-23H,11-13,18-20,24H2,1-10H3,(H,38,43). The number of carbonyl (C=O) groups excluding carboxylic acids is 1. The van der Waals surface area contributed by atoms with Crippen LogP contribution in [0.3, 0.4) is 0 Å². The summed E-state index contributed by atoms with van der Waals surface area (Å²) in [7, 11) is -1.63. The molecule has 258 valence electrons. The second kappa shape index (κ2) is 13.9. The van der Waals surface area contributed by atoms with Crippen LogP contribution >= 0.6 is 0 Å². The Balaban J connectivity index is 1.32. The Bertz CT molecular complexity index is 1750. The second-order valence-corrected chi connectivity index (χ2v) is 21.6. The summed E-state index contributed by atoms with van der Waals surface area (Å²) in [4.78, 5) is 26.8. The van der Waals surface area contributed by atoms with Crippen LogP contribution in [-0.2, 0) is 31.9 Å². The molecule has 0 atom stereocenters. The van der Waals surface area contributed by atoms with Crippen molar-refractivity contribution in [2.24, 2.45) is 0 Å². The van der Waals surface area contributed by atoms with Crippen molar-refractivity contribution in [1.82, 2.24) is 24.8 Å². The number of hydrogen-bond acceptors (Lipinski definition) is 8. The Morgan fingerprint density at radius 2 is 1.67 bits per heavy atom. The van der Waals surface area contributed by atoms with E-state index < -0.39 is 26.9 Å². The highest BCUT2D eigenvalue weighted by atomic mass is 28.3. The normalized spacial score (nSPS) is 16.2. The molecule has 1 saturated heterocycles. The summed E-state index contributed by atoms with van der Waals surface area (Å²) < 4.78 is 26.1. The van der Waals surface area contributed by atoms with E-state index in [1.165, 1.54) is 0 Å². The summed E-state index contributed by atoms with van der Waals surface area (Å²) in [6.45, 7) is 22.5. The van der Waals surface area contributed by atoms with E-state index in [1.54, 1.807) is 0 Å². The van der Waals surface area contributed by atoms with Gasteiger partial charge in [0.1, 0.15) is 18.2 Å². The average molecular weight is 674 g/mol. The van der Waals surface area contributed by atoms with Crippen LogP contribution in [0.15, 0.2) is 42.6 Å². The maximum absolute atomic E-state index is 12.0. The summed E-state index contributed by atoms with van der Waals surface area (Å²) in [5.74, 6) is 0.876. The summed E-state index contributed by atoms with van der Waals surface area (Å²) in [5.41, 5.74) is 2.74. The molecule has 1 N–H and O–H groups in total. The van der Waals surface area contributed by atoms with Gasteiger partial charge in [-0.25, -0.2) is 19.7 Å². The first-order valence-electron chi connectivity index (χ1n) is 17.1. The number of amides is 1. The summed E-state index contributed by atoms with van der Waals surface area (Å²) in [5, 5.41) is 5.03. The number of alkyl carbamates (subject to hydrolysis) is 1. The van der Waals surface area contributed by atoms with Gasteiger partial charge in [-0.2, -0.15) is 0 Å². The fourth-order valence-electron chi connectivity index (χ4n) is 5.41. The Hall–Kier alpha value is -3.32. The predicted octanol–water partition coefficient (Wildman–Crippen LogP) is 7.11. The molecule has 0 radical (unpaired) electrons. The van der Waals surface area contributed by atoms with Crippen LogP contribution in [0.1, 0.15) is 67.1 Å². The van der Waals surface area contributed by atoms with E-state index in [-0.39, 0.29) is 11.2 Å². The SMILES string of the molecule is CC(C)(C)OC(=O)NCCCCc1nc2nc(-c3ccc4cc(B5OC(C)(C)C(C)(C)O5)ccc4c3)cnc2n1COCC[Si](C)(C)C. The topological polar surface area (TPSA) is 110 Å². The zero-order valence-corrected chi connectivity index (χ0v) is 31.4. The molecule has 10 nitrogen and oxygen atoms in total. The average Bonchev–Trinajstić information content (AvgIpc) is 3.43. The Labute approximate surface area is 286 Å². The number of aryl methyl sites for hydroxylation is 1. The molecule has 0 unspecified atom stereocenters. The molecule has 48 heavy (non-hydrogen) atoms. The zero-order chi connectivity index (χ0) is 34.9. The highest BCUT2D eigenvalue weighted by Gasteiger charge is 2.51. The summed E-state index contributed by atoms with van der Waals surface area (Å²) in [6.07, 6.45) is 3.75. The van der Waals surface area contributed by atoms with Crippen molar-refractivity contribution in [3.8, 4) is 11.3 Å². The third kappa shape index (κ3) is 8.82. The van der Waals surface area contributed by atoms with Crippen molar-refractivity contribution >= 4 is 48.8 Å². The lowest BCUT2D eigenvalue weighted by atomic mass is 9.78. The minimum absolute atomic E-state index is 0.377. The highest BCUT2D eigenvalue weighted by Crippen LogP contribution is 2.36. The number of nitrogens with zero attached hydrogens (tertiary/aromatic N) is 4. The molecule has 2 aromatic heterocycles. The number of hydrogen-bond donors (Lipinski definition) is 1. The molecular weight excluding hydrogens is 621 g/mol. The summed E-state index contributed by atoms with van der Waals surface area (Å²) in [6, 6.07) is 13.7.